The van der Waals surface area contributed by atoms with Crippen LogP contribution in [-0.4, -0.2) is 119 Å². The third kappa shape index (κ3) is 5.99. The number of allylic oxidation sites excluding steroid dienone is 1. The van der Waals surface area contributed by atoms with Crippen molar-refractivity contribution in [2.45, 2.75) is 36.9 Å². The topological polar surface area (TPSA) is 184 Å². The molecule has 286 valence electrons. The van der Waals surface area contributed by atoms with E-state index in [1.807, 2.05) is 6.20 Å². The lowest BCUT2D eigenvalue weighted by atomic mass is 9.58. The standard InChI is InChI=1S/C23H27N3O7.C17H19N3.ClH/c1-25(2)12-5-6-13(27)15-10(12)7-9-8-11-17(26(3)4)19(29)16(22(24)32)21(31)23(11,33)20(30)14(9)18(15)28;1-19-9-10-20-16(12-19)15-7-3-2-5-13(15)11-14-6-4-8-18-17(14)20;/h5-6,9,11,17,27,29-30,33H,7-8H2,1-4H3,(H2,24,32);2-8,16H,9-12H2,1H3;1H/t9-,11-,17-,23-;;/m0../s1. The Hall–Kier alpha value is -4.95. The Kier molecular flexibility index (Phi) is 10.3. The molecule has 0 radical (unpaired) electrons. The lowest BCUT2D eigenvalue weighted by Gasteiger charge is -2.50. The molecule has 5 aliphatic rings. The SMILES string of the molecule is CN(C)c1ccc(O)c2c1C[C@H]1C[C@H]3[C@H](N(C)C)C(O)=C(C(N)=O)C(=O)[C@@]3(O)C(O)=C1C2=O.CN1CCN2c3ncccc3Cc3ccccc3C2C1.Cl. The zero-order valence-corrected chi connectivity index (χ0v) is 31.8. The average Bonchev–Trinajstić information content (AvgIpc) is 3.24. The first-order chi connectivity index (χ1) is 25.2. The molecule has 2 aliphatic heterocycles. The van der Waals surface area contributed by atoms with E-state index in [0.29, 0.717) is 11.6 Å². The number of aromatic hydroxyl groups is 1. The minimum atomic E-state index is -2.63. The summed E-state index contributed by atoms with van der Waals surface area (Å²) in [6, 6.07) is 15.6. The number of amides is 1. The van der Waals surface area contributed by atoms with E-state index < -0.39 is 58.0 Å². The molecule has 14 heteroatoms. The van der Waals surface area contributed by atoms with Gasteiger partial charge in [-0.1, -0.05) is 30.3 Å². The largest absolute Gasteiger partial charge is 0.510 e. The van der Waals surface area contributed by atoms with Crippen LogP contribution in [-0.2, 0) is 22.4 Å². The molecular weight excluding hydrogens is 712 g/mol. The van der Waals surface area contributed by atoms with Gasteiger partial charge < -0.3 is 40.9 Å². The Labute approximate surface area is 320 Å². The molecule has 1 unspecified atom stereocenters. The fourth-order valence-electron chi connectivity index (χ4n) is 9.14. The number of nitrogens with two attached hydrogens (primary N) is 1. The summed E-state index contributed by atoms with van der Waals surface area (Å²) >= 11 is 0. The molecule has 0 bridgehead atoms. The minimum Gasteiger partial charge on any atom is -0.510 e. The van der Waals surface area contributed by atoms with Crippen LogP contribution in [0.4, 0.5) is 11.5 Å². The predicted octanol–water partition coefficient (Wildman–Crippen LogP) is 3.09. The smallest absolute Gasteiger partial charge is 0.255 e. The molecule has 1 saturated heterocycles. The highest BCUT2D eigenvalue weighted by Gasteiger charge is 2.63. The van der Waals surface area contributed by atoms with Gasteiger partial charge in [0, 0.05) is 63.5 Å². The van der Waals surface area contributed by atoms with Crippen LogP contribution in [0.5, 0.6) is 5.75 Å². The second-order valence-electron chi connectivity index (χ2n) is 15.1. The van der Waals surface area contributed by atoms with Crippen LogP contribution in [0.25, 0.3) is 0 Å². The van der Waals surface area contributed by atoms with E-state index >= 15 is 0 Å². The Balaban J connectivity index is 0.000000202. The third-order valence-electron chi connectivity index (χ3n) is 11.6. The number of likely N-dealkylation sites (N-methyl/N-ethyl adjacent to an activating group) is 2. The molecule has 1 amide bonds. The monoisotopic (exact) mass is 758 g/mol. The summed E-state index contributed by atoms with van der Waals surface area (Å²) in [5.74, 6) is -5.35. The Morgan fingerprint density at radius 2 is 1.69 bits per heavy atom. The number of nitrogens with zero attached hydrogens (tertiary/aromatic N) is 5. The molecule has 13 nitrogen and oxygen atoms in total. The van der Waals surface area contributed by atoms with Gasteiger partial charge in [-0.2, -0.15) is 0 Å². The lowest BCUT2D eigenvalue weighted by molar-refractivity contribution is -0.148. The van der Waals surface area contributed by atoms with Gasteiger partial charge >= 0.3 is 0 Å². The maximum Gasteiger partial charge on any atom is 0.255 e. The number of hydrogen-bond donors (Lipinski definition) is 5. The van der Waals surface area contributed by atoms with Crippen molar-refractivity contribution in [1.29, 1.82) is 0 Å². The fourth-order valence-corrected chi connectivity index (χ4v) is 9.14. The number of carbonyl (C=O) groups excluding carboxylic acids is 3. The van der Waals surface area contributed by atoms with E-state index in [-0.39, 0.29) is 42.1 Å². The van der Waals surface area contributed by atoms with Crippen LogP contribution in [0.3, 0.4) is 0 Å². The first kappa shape index (κ1) is 38.8. The highest BCUT2D eigenvalue weighted by molar-refractivity contribution is 6.24. The van der Waals surface area contributed by atoms with Gasteiger partial charge in [-0.3, -0.25) is 19.3 Å². The number of Topliss-reactive ketones (excluding diaryl/α,β-unsaturated/α-hetero) is 2. The van der Waals surface area contributed by atoms with Gasteiger partial charge in [0.25, 0.3) is 5.91 Å². The van der Waals surface area contributed by atoms with Gasteiger partial charge in [0.2, 0.25) is 5.78 Å². The van der Waals surface area contributed by atoms with E-state index in [1.54, 1.807) is 39.2 Å². The van der Waals surface area contributed by atoms with Gasteiger partial charge in [0.1, 0.15) is 28.7 Å². The number of piperazine rings is 1. The molecule has 0 spiro atoms. The van der Waals surface area contributed by atoms with Gasteiger partial charge in [-0.25, -0.2) is 4.98 Å². The molecule has 1 aromatic heterocycles. The van der Waals surface area contributed by atoms with Crippen LogP contribution < -0.4 is 15.5 Å². The van der Waals surface area contributed by atoms with Crippen molar-refractivity contribution in [3.63, 3.8) is 0 Å². The highest BCUT2D eigenvalue weighted by Crippen LogP contribution is 2.53. The average molecular weight is 759 g/mol. The molecule has 0 saturated carbocycles. The molecule has 54 heavy (non-hydrogen) atoms. The summed E-state index contributed by atoms with van der Waals surface area (Å²) in [6.07, 6.45) is 3.24. The first-order valence-corrected chi connectivity index (χ1v) is 17.8. The number of carbonyl (C=O) groups is 3. The molecule has 3 heterocycles. The number of phenolic OH excluding ortho intramolecular Hbond substituents is 1. The summed E-state index contributed by atoms with van der Waals surface area (Å²) in [5.41, 5.74) is 7.29. The maximum absolute atomic E-state index is 13.5. The molecule has 8 rings (SSSR count). The number of rotatable bonds is 3. The summed E-state index contributed by atoms with van der Waals surface area (Å²) < 4.78 is 0. The van der Waals surface area contributed by atoms with Gasteiger partial charge in [0.15, 0.2) is 11.4 Å². The summed E-state index contributed by atoms with van der Waals surface area (Å²) in [6.45, 7) is 3.24. The zero-order chi connectivity index (χ0) is 38.1. The predicted molar refractivity (Wildman–Crippen MR) is 206 cm³/mol. The van der Waals surface area contributed by atoms with E-state index in [2.05, 4.69) is 58.2 Å². The number of primary amides is 1. The number of aliphatic hydroxyl groups excluding tert-OH is 2. The van der Waals surface area contributed by atoms with Crippen molar-refractivity contribution < 1.29 is 34.8 Å². The number of benzene rings is 2. The summed E-state index contributed by atoms with van der Waals surface area (Å²) in [5, 5.41) is 43.9. The number of aromatic nitrogens is 1. The first-order valence-electron chi connectivity index (χ1n) is 17.8. The Morgan fingerprint density at radius 3 is 2.37 bits per heavy atom. The Bertz CT molecular complexity index is 2100. The summed E-state index contributed by atoms with van der Waals surface area (Å²) in [7, 11) is 9.00. The number of halogens is 1. The van der Waals surface area contributed by atoms with E-state index in [9.17, 15) is 34.8 Å². The van der Waals surface area contributed by atoms with E-state index in [1.165, 1.54) is 33.5 Å². The van der Waals surface area contributed by atoms with Crippen molar-refractivity contribution in [3.8, 4) is 5.75 Å². The van der Waals surface area contributed by atoms with Crippen molar-refractivity contribution in [2.75, 3.05) is 64.7 Å². The molecule has 3 aliphatic carbocycles. The number of pyridine rings is 1. The summed E-state index contributed by atoms with van der Waals surface area (Å²) in [4.78, 5) is 51.6. The molecule has 2 aromatic carbocycles. The van der Waals surface area contributed by atoms with Crippen LogP contribution in [0.1, 0.15) is 45.1 Å². The van der Waals surface area contributed by atoms with E-state index in [4.69, 9.17) is 5.73 Å². The van der Waals surface area contributed by atoms with Crippen LogP contribution in [0.15, 0.2) is 77.4 Å². The zero-order valence-electron chi connectivity index (χ0n) is 31.0. The third-order valence-corrected chi connectivity index (χ3v) is 11.6. The van der Waals surface area contributed by atoms with Crippen molar-refractivity contribution in [3.05, 3.63) is 105 Å². The fraction of sp³-hybridized carbons (Fsp3) is 0.400. The minimum absolute atomic E-state index is 0. The quantitative estimate of drug-likeness (QED) is 0.247. The number of hydrogen-bond acceptors (Lipinski definition) is 12. The van der Waals surface area contributed by atoms with Crippen LogP contribution in [0, 0.1) is 11.8 Å². The molecule has 1 fully saturated rings. The van der Waals surface area contributed by atoms with E-state index in [0.717, 1.165) is 31.7 Å². The van der Waals surface area contributed by atoms with Crippen LogP contribution >= 0.6 is 12.4 Å². The van der Waals surface area contributed by atoms with Crippen molar-refractivity contribution in [1.82, 2.24) is 14.8 Å². The number of ketones is 2. The normalized spacial score (nSPS) is 25.8. The second kappa shape index (κ2) is 14.4. The second-order valence-corrected chi connectivity index (χ2v) is 15.1. The molecule has 6 N–H and O–H groups in total. The van der Waals surface area contributed by atoms with Gasteiger partial charge in [-0.15, -0.1) is 12.4 Å². The number of phenols is 1. The van der Waals surface area contributed by atoms with Crippen molar-refractivity contribution in [2.24, 2.45) is 17.6 Å². The van der Waals surface area contributed by atoms with Gasteiger partial charge in [0.05, 0.1) is 17.6 Å². The van der Waals surface area contributed by atoms with Crippen molar-refractivity contribution >= 4 is 41.4 Å². The highest BCUT2D eigenvalue weighted by atomic mass is 35.5. The molecule has 3 aromatic rings. The van der Waals surface area contributed by atoms with Gasteiger partial charge in [-0.05, 0) is 80.4 Å². The molecule has 5 atom stereocenters. The Morgan fingerprint density at radius 1 is 0.981 bits per heavy atom. The molecular formula is C40H47ClN6O7. The lowest BCUT2D eigenvalue weighted by Crippen LogP contribution is -2.63. The number of aliphatic hydroxyl groups is 3. The number of fused-ring (bicyclic) bond motifs is 8. The van der Waals surface area contributed by atoms with Crippen LogP contribution in [0.2, 0.25) is 0 Å². The number of anilines is 2. The maximum atomic E-state index is 13.5.